The molecule has 0 unspecified atom stereocenters. The molecule has 128 valence electrons. The standard InChI is InChI=1S/C18H15ClFN3O2/c1-11-17(12-6-8-13(19)9-7-12)18(23-22-11)21-16(24)10-25-15-5-3-2-4-14(15)20/h2-9H,10H2,1H3,(H2,21,22,23,24). The maximum absolute atomic E-state index is 13.5. The summed E-state index contributed by atoms with van der Waals surface area (Å²) in [6.07, 6.45) is 0. The Kier molecular flexibility index (Phi) is 5.00. The third-order valence-electron chi connectivity index (χ3n) is 3.53. The van der Waals surface area contributed by atoms with Crippen LogP contribution in [0.2, 0.25) is 5.02 Å². The maximum atomic E-state index is 13.5. The predicted molar refractivity (Wildman–Crippen MR) is 94.3 cm³/mol. The van der Waals surface area contributed by atoms with Crippen molar-refractivity contribution in [3.05, 3.63) is 65.1 Å². The number of H-pyrrole nitrogens is 1. The van der Waals surface area contributed by atoms with E-state index in [2.05, 4.69) is 15.5 Å². The van der Waals surface area contributed by atoms with Crippen molar-refractivity contribution in [2.45, 2.75) is 6.92 Å². The Balaban J connectivity index is 1.72. The number of ether oxygens (including phenoxy) is 1. The van der Waals surface area contributed by atoms with Crippen LogP contribution in [0.1, 0.15) is 5.69 Å². The number of amides is 1. The fourth-order valence-electron chi connectivity index (χ4n) is 2.36. The van der Waals surface area contributed by atoms with E-state index >= 15 is 0 Å². The summed E-state index contributed by atoms with van der Waals surface area (Å²) in [4.78, 5) is 12.1. The van der Waals surface area contributed by atoms with E-state index in [-0.39, 0.29) is 12.4 Å². The summed E-state index contributed by atoms with van der Waals surface area (Å²) in [5, 5.41) is 10.2. The van der Waals surface area contributed by atoms with Crippen LogP contribution < -0.4 is 10.1 Å². The van der Waals surface area contributed by atoms with Crippen LogP contribution in [0, 0.1) is 12.7 Å². The zero-order valence-corrected chi connectivity index (χ0v) is 14.1. The molecule has 1 amide bonds. The average molecular weight is 360 g/mol. The van der Waals surface area contributed by atoms with E-state index in [0.29, 0.717) is 10.8 Å². The molecule has 7 heteroatoms. The first-order chi connectivity index (χ1) is 12.0. The highest BCUT2D eigenvalue weighted by Crippen LogP contribution is 2.30. The number of para-hydroxylation sites is 1. The Labute approximate surface area is 148 Å². The molecule has 0 bridgehead atoms. The highest BCUT2D eigenvalue weighted by molar-refractivity contribution is 6.30. The van der Waals surface area contributed by atoms with E-state index in [1.807, 2.05) is 19.1 Å². The molecule has 0 aliphatic carbocycles. The number of aromatic amines is 1. The number of rotatable bonds is 5. The number of nitrogens with one attached hydrogen (secondary N) is 2. The lowest BCUT2D eigenvalue weighted by molar-refractivity contribution is -0.118. The third kappa shape index (κ3) is 3.97. The van der Waals surface area contributed by atoms with Gasteiger partial charge in [-0.15, -0.1) is 0 Å². The molecule has 1 aromatic heterocycles. The summed E-state index contributed by atoms with van der Waals surface area (Å²) in [6.45, 7) is 1.52. The van der Waals surface area contributed by atoms with Crippen molar-refractivity contribution >= 4 is 23.3 Å². The average Bonchev–Trinajstić information content (AvgIpc) is 2.95. The number of carbonyl (C=O) groups excluding carboxylic acids is 1. The number of nitrogens with zero attached hydrogens (tertiary/aromatic N) is 1. The molecule has 0 radical (unpaired) electrons. The number of hydrogen-bond acceptors (Lipinski definition) is 3. The molecule has 0 saturated heterocycles. The summed E-state index contributed by atoms with van der Waals surface area (Å²) in [7, 11) is 0. The van der Waals surface area contributed by atoms with Crippen LogP contribution in [-0.4, -0.2) is 22.7 Å². The molecule has 2 N–H and O–H groups in total. The van der Waals surface area contributed by atoms with Crippen molar-refractivity contribution in [2.24, 2.45) is 0 Å². The van der Waals surface area contributed by atoms with Gasteiger partial charge in [0.15, 0.2) is 24.0 Å². The minimum Gasteiger partial charge on any atom is -0.481 e. The van der Waals surface area contributed by atoms with Crippen molar-refractivity contribution < 1.29 is 13.9 Å². The molecule has 2 aromatic carbocycles. The Hall–Kier alpha value is -2.86. The van der Waals surface area contributed by atoms with Crippen LogP contribution in [-0.2, 0) is 4.79 Å². The summed E-state index contributed by atoms with van der Waals surface area (Å²) in [5.41, 5.74) is 2.42. The van der Waals surface area contributed by atoms with Gasteiger partial charge in [-0.2, -0.15) is 5.10 Å². The van der Waals surface area contributed by atoms with Gasteiger partial charge < -0.3 is 10.1 Å². The van der Waals surface area contributed by atoms with Gasteiger partial charge in [0.05, 0.1) is 0 Å². The fourth-order valence-corrected chi connectivity index (χ4v) is 2.49. The predicted octanol–water partition coefficient (Wildman–Crippen LogP) is 4.20. The van der Waals surface area contributed by atoms with E-state index < -0.39 is 11.7 Å². The SMILES string of the molecule is Cc1[nH]nc(NC(=O)COc2ccccc2F)c1-c1ccc(Cl)cc1. The van der Waals surface area contributed by atoms with E-state index in [1.165, 1.54) is 12.1 Å². The molecule has 25 heavy (non-hydrogen) atoms. The highest BCUT2D eigenvalue weighted by Gasteiger charge is 2.15. The van der Waals surface area contributed by atoms with E-state index in [4.69, 9.17) is 16.3 Å². The highest BCUT2D eigenvalue weighted by atomic mass is 35.5. The first-order valence-electron chi connectivity index (χ1n) is 7.52. The Morgan fingerprint density at radius 3 is 2.68 bits per heavy atom. The van der Waals surface area contributed by atoms with Gasteiger partial charge in [-0.3, -0.25) is 9.89 Å². The van der Waals surface area contributed by atoms with Gasteiger partial charge in [0, 0.05) is 16.3 Å². The number of aromatic nitrogens is 2. The molecule has 1 heterocycles. The smallest absolute Gasteiger partial charge is 0.263 e. The van der Waals surface area contributed by atoms with Crippen LogP contribution >= 0.6 is 11.6 Å². The molecule has 0 fully saturated rings. The number of halogens is 2. The molecule has 0 saturated carbocycles. The zero-order valence-electron chi connectivity index (χ0n) is 13.3. The first-order valence-corrected chi connectivity index (χ1v) is 7.90. The van der Waals surface area contributed by atoms with Gasteiger partial charge in [0.2, 0.25) is 0 Å². The monoisotopic (exact) mass is 359 g/mol. The second-order valence-corrected chi connectivity index (χ2v) is 5.78. The molecule has 0 atom stereocenters. The van der Waals surface area contributed by atoms with Crippen LogP contribution in [0.4, 0.5) is 10.2 Å². The van der Waals surface area contributed by atoms with Gasteiger partial charge in [-0.25, -0.2) is 4.39 Å². The van der Waals surface area contributed by atoms with Crippen molar-refractivity contribution in [2.75, 3.05) is 11.9 Å². The number of benzene rings is 2. The van der Waals surface area contributed by atoms with Crippen LogP contribution in [0.3, 0.4) is 0 Å². The largest absolute Gasteiger partial charge is 0.481 e. The molecule has 3 rings (SSSR count). The topological polar surface area (TPSA) is 67.0 Å². The van der Waals surface area contributed by atoms with E-state index in [1.54, 1.807) is 24.3 Å². The second kappa shape index (κ2) is 7.36. The van der Waals surface area contributed by atoms with Crippen molar-refractivity contribution in [3.8, 4) is 16.9 Å². The molecule has 5 nitrogen and oxygen atoms in total. The van der Waals surface area contributed by atoms with Crippen LogP contribution in [0.15, 0.2) is 48.5 Å². The third-order valence-corrected chi connectivity index (χ3v) is 3.79. The van der Waals surface area contributed by atoms with E-state index in [0.717, 1.165) is 16.8 Å². The molecule has 0 spiro atoms. The molecule has 0 aliphatic rings. The van der Waals surface area contributed by atoms with Crippen LogP contribution in [0.25, 0.3) is 11.1 Å². The molecular formula is C18H15ClFN3O2. The van der Waals surface area contributed by atoms with Crippen molar-refractivity contribution in [1.82, 2.24) is 10.2 Å². The second-order valence-electron chi connectivity index (χ2n) is 5.35. The van der Waals surface area contributed by atoms with Gasteiger partial charge in [-0.1, -0.05) is 35.9 Å². The Morgan fingerprint density at radius 1 is 1.24 bits per heavy atom. The number of anilines is 1. The molecule has 0 aliphatic heterocycles. The lowest BCUT2D eigenvalue weighted by atomic mass is 10.1. The number of carbonyl (C=O) groups is 1. The fraction of sp³-hybridized carbons (Fsp3) is 0.111. The quantitative estimate of drug-likeness (QED) is 0.717. The van der Waals surface area contributed by atoms with Crippen molar-refractivity contribution in [3.63, 3.8) is 0 Å². The zero-order chi connectivity index (χ0) is 17.8. The molecule has 3 aromatic rings. The lowest BCUT2D eigenvalue weighted by Gasteiger charge is -2.08. The summed E-state index contributed by atoms with van der Waals surface area (Å²) >= 11 is 5.91. The molecular weight excluding hydrogens is 345 g/mol. The number of aryl methyl sites for hydroxylation is 1. The normalized spacial score (nSPS) is 10.5. The van der Waals surface area contributed by atoms with E-state index in [9.17, 15) is 9.18 Å². The van der Waals surface area contributed by atoms with Gasteiger partial charge in [-0.05, 0) is 36.8 Å². The van der Waals surface area contributed by atoms with Crippen LogP contribution in [0.5, 0.6) is 5.75 Å². The van der Waals surface area contributed by atoms with Gasteiger partial charge >= 0.3 is 0 Å². The summed E-state index contributed by atoms with van der Waals surface area (Å²) < 4.78 is 18.7. The summed E-state index contributed by atoms with van der Waals surface area (Å²) in [5.74, 6) is -0.562. The minimum atomic E-state index is -0.521. The minimum absolute atomic E-state index is 0.0220. The maximum Gasteiger partial charge on any atom is 0.263 e. The Bertz CT molecular complexity index is 894. The van der Waals surface area contributed by atoms with Gasteiger partial charge in [0.25, 0.3) is 5.91 Å². The van der Waals surface area contributed by atoms with Crippen molar-refractivity contribution in [1.29, 1.82) is 0 Å². The Morgan fingerprint density at radius 2 is 1.96 bits per heavy atom. The first kappa shape index (κ1) is 17.0. The summed E-state index contributed by atoms with van der Waals surface area (Å²) in [6, 6.07) is 13.1. The number of hydrogen-bond donors (Lipinski definition) is 2. The lowest BCUT2D eigenvalue weighted by Crippen LogP contribution is -2.21. The van der Waals surface area contributed by atoms with Gasteiger partial charge in [0.1, 0.15) is 0 Å².